The molecule has 0 radical (unpaired) electrons. The van der Waals surface area contributed by atoms with Gasteiger partial charge in [0.25, 0.3) is 0 Å². The Hall–Kier alpha value is -0.610. The number of rotatable bonds is 7. The molecule has 0 unspecified atom stereocenters. The first-order valence-corrected chi connectivity index (χ1v) is 6.51. The smallest absolute Gasteiger partial charge is 0.248 e. The minimum absolute atomic E-state index is 0.0894. The maximum Gasteiger partial charge on any atom is 0.248 e. The third-order valence-corrected chi connectivity index (χ3v) is 3.76. The maximum absolute atomic E-state index is 11.8. The zero-order chi connectivity index (χ0) is 12.9. The average Bonchev–Trinajstić information content (AvgIpc) is 2.22. The zero-order valence-corrected chi connectivity index (χ0v) is 11.7. The first-order chi connectivity index (χ1) is 8.02. The molecule has 0 aliphatic heterocycles. The molecule has 0 heterocycles. The van der Waals surface area contributed by atoms with Gasteiger partial charge in [-0.25, -0.2) is 0 Å². The molecule has 0 atom stereocenters. The first kappa shape index (κ1) is 14.5. The van der Waals surface area contributed by atoms with Crippen LogP contribution >= 0.6 is 0 Å². The molecule has 0 aromatic carbocycles. The molecular formula is C13H26N2O2. The Morgan fingerprint density at radius 1 is 1.29 bits per heavy atom. The van der Waals surface area contributed by atoms with Crippen molar-refractivity contribution in [1.29, 1.82) is 0 Å². The molecule has 0 spiro atoms. The van der Waals surface area contributed by atoms with Crippen LogP contribution in [-0.2, 0) is 9.53 Å². The van der Waals surface area contributed by atoms with Gasteiger partial charge in [0.1, 0.15) is 6.61 Å². The van der Waals surface area contributed by atoms with Crippen molar-refractivity contribution in [2.75, 3.05) is 40.9 Å². The van der Waals surface area contributed by atoms with Gasteiger partial charge >= 0.3 is 0 Å². The normalized spacial score (nSPS) is 17.9. The van der Waals surface area contributed by atoms with E-state index in [0.717, 1.165) is 13.0 Å². The van der Waals surface area contributed by atoms with E-state index in [1.807, 2.05) is 18.9 Å². The minimum atomic E-state index is 0.0894. The van der Waals surface area contributed by atoms with Gasteiger partial charge in [-0.2, -0.15) is 0 Å². The highest BCUT2D eigenvalue weighted by Crippen LogP contribution is 2.36. The van der Waals surface area contributed by atoms with Crippen molar-refractivity contribution in [3.8, 4) is 0 Å². The first-order valence-electron chi connectivity index (χ1n) is 6.51. The summed E-state index contributed by atoms with van der Waals surface area (Å²) in [5.41, 5.74) is 0.204. The van der Waals surface area contributed by atoms with E-state index < -0.39 is 0 Å². The van der Waals surface area contributed by atoms with Crippen LogP contribution in [0.1, 0.15) is 32.6 Å². The van der Waals surface area contributed by atoms with Gasteiger partial charge in [-0.3, -0.25) is 4.79 Å². The molecule has 0 saturated heterocycles. The molecule has 1 fully saturated rings. The Balaban J connectivity index is 2.37. The predicted molar refractivity (Wildman–Crippen MR) is 69.0 cm³/mol. The molecule has 17 heavy (non-hydrogen) atoms. The lowest BCUT2D eigenvalue weighted by molar-refractivity contribution is -0.137. The SMILES string of the molecule is CCCOCC(=O)N(C)CC1(N(C)C)CCC1. The maximum atomic E-state index is 11.8. The molecular weight excluding hydrogens is 216 g/mol. The number of hydrogen-bond acceptors (Lipinski definition) is 3. The third-order valence-electron chi connectivity index (χ3n) is 3.76. The molecule has 100 valence electrons. The van der Waals surface area contributed by atoms with Crippen LogP contribution in [-0.4, -0.2) is 62.1 Å². The van der Waals surface area contributed by atoms with Crippen LogP contribution in [0.5, 0.6) is 0 Å². The van der Waals surface area contributed by atoms with Gasteiger partial charge in [0.15, 0.2) is 0 Å². The van der Waals surface area contributed by atoms with Gasteiger partial charge in [0.2, 0.25) is 5.91 Å². The molecule has 1 aliphatic rings. The zero-order valence-electron chi connectivity index (χ0n) is 11.7. The van der Waals surface area contributed by atoms with Crippen LogP contribution < -0.4 is 0 Å². The molecule has 1 rings (SSSR count). The van der Waals surface area contributed by atoms with Crippen molar-refractivity contribution >= 4 is 5.91 Å². The molecule has 1 saturated carbocycles. The molecule has 4 nitrogen and oxygen atoms in total. The standard InChI is InChI=1S/C13H26N2O2/c1-5-9-17-10-12(16)15(4)11-13(14(2)3)7-6-8-13/h5-11H2,1-4H3. The van der Waals surface area contributed by atoms with E-state index in [9.17, 15) is 4.79 Å². The minimum Gasteiger partial charge on any atom is -0.372 e. The van der Waals surface area contributed by atoms with Gasteiger partial charge in [-0.15, -0.1) is 0 Å². The second kappa shape index (κ2) is 6.36. The van der Waals surface area contributed by atoms with Crippen molar-refractivity contribution in [3.63, 3.8) is 0 Å². The van der Waals surface area contributed by atoms with Crippen LogP contribution in [0.2, 0.25) is 0 Å². The fourth-order valence-corrected chi connectivity index (χ4v) is 2.28. The van der Waals surface area contributed by atoms with Crippen LogP contribution in [0, 0.1) is 0 Å². The summed E-state index contributed by atoms with van der Waals surface area (Å²) in [5, 5.41) is 0. The average molecular weight is 242 g/mol. The highest BCUT2D eigenvalue weighted by Gasteiger charge is 2.40. The number of likely N-dealkylation sites (N-methyl/N-ethyl adjacent to an activating group) is 2. The fourth-order valence-electron chi connectivity index (χ4n) is 2.28. The summed E-state index contributed by atoms with van der Waals surface area (Å²) in [6, 6.07) is 0. The second-order valence-electron chi connectivity index (χ2n) is 5.27. The van der Waals surface area contributed by atoms with Gasteiger partial charge in [-0.05, 0) is 39.8 Å². The lowest BCUT2D eigenvalue weighted by atomic mass is 9.75. The summed E-state index contributed by atoms with van der Waals surface area (Å²) in [5.74, 6) is 0.0894. The highest BCUT2D eigenvalue weighted by molar-refractivity contribution is 5.77. The molecule has 1 amide bonds. The number of amides is 1. The molecule has 0 N–H and O–H groups in total. The van der Waals surface area contributed by atoms with Crippen LogP contribution in [0.15, 0.2) is 0 Å². The Morgan fingerprint density at radius 2 is 1.94 bits per heavy atom. The van der Waals surface area contributed by atoms with Gasteiger partial charge < -0.3 is 14.5 Å². The summed E-state index contributed by atoms with van der Waals surface area (Å²) in [6.45, 7) is 3.74. The van der Waals surface area contributed by atoms with Crippen LogP contribution in [0.25, 0.3) is 0 Å². The number of ether oxygens (including phenoxy) is 1. The van der Waals surface area contributed by atoms with E-state index in [2.05, 4.69) is 19.0 Å². The predicted octanol–water partition coefficient (Wildman–Crippen LogP) is 1.36. The second-order valence-corrected chi connectivity index (χ2v) is 5.27. The van der Waals surface area contributed by atoms with Gasteiger partial charge in [0, 0.05) is 25.7 Å². The lowest BCUT2D eigenvalue weighted by Gasteiger charge is -2.49. The van der Waals surface area contributed by atoms with Crippen molar-refractivity contribution in [2.45, 2.75) is 38.1 Å². The van der Waals surface area contributed by atoms with Gasteiger partial charge in [0.05, 0.1) is 0 Å². The Kier molecular flexibility index (Phi) is 5.40. The molecule has 0 aromatic rings. The van der Waals surface area contributed by atoms with E-state index in [1.165, 1.54) is 19.3 Å². The van der Waals surface area contributed by atoms with Gasteiger partial charge in [-0.1, -0.05) is 6.92 Å². The number of nitrogens with zero attached hydrogens (tertiary/aromatic N) is 2. The van der Waals surface area contributed by atoms with Crippen molar-refractivity contribution in [2.24, 2.45) is 0 Å². The highest BCUT2D eigenvalue weighted by atomic mass is 16.5. The monoisotopic (exact) mass is 242 g/mol. The summed E-state index contributed by atoms with van der Waals surface area (Å²) >= 11 is 0. The van der Waals surface area contributed by atoms with E-state index in [1.54, 1.807) is 0 Å². The van der Waals surface area contributed by atoms with E-state index in [4.69, 9.17) is 4.74 Å². The quantitative estimate of drug-likeness (QED) is 0.632. The summed E-state index contributed by atoms with van der Waals surface area (Å²) in [7, 11) is 6.08. The Bertz CT molecular complexity index is 250. The summed E-state index contributed by atoms with van der Waals surface area (Å²) < 4.78 is 5.29. The van der Waals surface area contributed by atoms with E-state index in [-0.39, 0.29) is 18.1 Å². The lowest BCUT2D eigenvalue weighted by Crippen LogP contribution is -2.57. The van der Waals surface area contributed by atoms with Crippen molar-refractivity contribution in [3.05, 3.63) is 0 Å². The molecule has 0 bridgehead atoms. The topological polar surface area (TPSA) is 32.8 Å². The summed E-state index contributed by atoms with van der Waals surface area (Å²) in [6.07, 6.45) is 4.60. The Labute approximate surface area is 105 Å². The van der Waals surface area contributed by atoms with Crippen LogP contribution in [0.4, 0.5) is 0 Å². The molecule has 4 heteroatoms. The van der Waals surface area contributed by atoms with Crippen molar-refractivity contribution in [1.82, 2.24) is 9.80 Å². The number of carbonyl (C=O) groups excluding carboxylic acids is 1. The fraction of sp³-hybridized carbons (Fsp3) is 0.923. The number of hydrogen-bond donors (Lipinski definition) is 0. The third kappa shape index (κ3) is 3.68. The van der Waals surface area contributed by atoms with Crippen LogP contribution in [0.3, 0.4) is 0 Å². The van der Waals surface area contributed by atoms with Crippen molar-refractivity contribution < 1.29 is 9.53 Å². The van der Waals surface area contributed by atoms with E-state index in [0.29, 0.717) is 6.61 Å². The molecule has 1 aliphatic carbocycles. The summed E-state index contributed by atoms with van der Waals surface area (Å²) in [4.78, 5) is 15.9. The number of carbonyl (C=O) groups is 1. The Morgan fingerprint density at radius 3 is 2.35 bits per heavy atom. The largest absolute Gasteiger partial charge is 0.372 e. The molecule has 0 aromatic heterocycles. The van der Waals surface area contributed by atoms with E-state index >= 15 is 0 Å².